The highest BCUT2D eigenvalue weighted by atomic mass is 16.5. The quantitative estimate of drug-likeness (QED) is 0.762. The van der Waals surface area contributed by atoms with Crippen LogP contribution in [0.1, 0.15) is 18.5 Å². The number of ether oxygens (including phenoxy) is 2. The van der Waals surface area contributed by atoms with E-state index < -0.39 is 0 Å². The average molecular weight is 210 g/mol. The fraction of sp³-hybridized carbons (Fsp3) is 0.455. The smallest absolute Gasteiger partial charge is 0.161 e. The molecule has 0 unspecified atom stereocenters. The maximum Gasteiger partial charge on any atom is 0.161 e. The van der Waals surface area contributed by atoms with Crippen LogP contribution in [0.15, 0.2) is 18.2 Å². The Balaban J connectivity index is 2.96. The summed E-state index contributed by atoms with van der Waals surface area (Å²) in [5.41, 5.74) is 12.3. The van der Waals surface area contributed by atoms with Gasteiger partial charge in [0, 0.05) is 12.6 Å². The lowest BCUT2D eigenvalue weighted by molar-refractivity contribution is 0.310. The van der Waals surface area contributed by atoms with Gasteiger partial charge in [-0.1, -0.05) is 6.07 Å². The van der Waals surface area contributed by atoms with E-state index >= 15 is 0 Å². The van der Waals surface area contributed by atoms with Crippen molar-refractivity contribution >= 4 is 0 Å². The van der Waals surface area contributed by atoms with Gasteiger partial charge < -0.3 is 20.9 Å². The Kier molecular flexibility index (Phi) is 4.39. The van der Waals surface area contributed by atoms with Crippen molar-refractivity contribution in [1.82, 2.24) is 0 Å². The second kappa shape index (κ2) is 5.58. The van der Waals surface area contributed by atoms with Crippen molar-refractivity contribution < 1.29 is 9.47 Å². The van der Waals surface area contributed by atoms with Crippen LogP contribution < -0.4 is 20.9 Å². The van der Waals surface area contributed by atoms with Crippen molar-refractivity contribution in [3.05, 3.63) is 23.8 Å². The summed E-state index contributed by atoms with van der Waals surface area (Å²) in [7, 11) is 1.61. The van der Waals surface area contributed by atoms with Gasteiger partial charge in [0.25, 0.3) is 0 Å². The van der Waals surface area contributed by atoms with Gasteiger partial charge in [0.1, 0.15) is 0 Å². The summed E-state index contributed by atoms with van der Waals surface area (Å²) in [4.78, 5) is 0. The Morgan fingerprint density at radius 1 is 1.33 bits per heavy atom. The minimum Gasteiger partial charge on any atom is -0.493 e. The molecule has 0 bridgehead atoms. The van der Waals surface area contributed by atoms with Crippen molar-refractivity contribution in [1.29, 1.82) is 0 Å². The molecule has 0 saturated heterocycles. The van der Waals surface area contributed by atoms with Crippen LogP contribution >= 0.6 is 0 Å². The van der Waals surface area contributed by atoms with Gasteiger partial charge in [-0.15, -0.1) is 0 Å². The van der Waals surface area contributed by atoms with Gasteiger partial charge in [-0.05, 0) is 24.6 Å². The summed E-state index contributed by atoms with van der Waals surface area (Å²) >= 11 is 0. The number of hydrogen-bond acceptors (Lipinski definition) is 4. The predicted molar refractivity (Wildman–Crippen MR) is 60.1 cm³/mol. The Labute approximate surface area is 90.2 Å². The zero-order chi connectivity index (χ0) is 11.3. The Hall–Kier alpha value is -1.26. The predicted octanol–water partition coefficient (Wildman–Crippen LogP) is 1.05. The third-order valence-electron chi connectivity index (χ3n) is 2.17. The first-order valence-corrected chi connectivity index (χ1v) is 4.99. The molecule has 1 rings (SSSR count). The molecule has 0 aliphatic rings. The summed E-state index contributed by atoms with van der Waals surface area (Å²) in [6, 6.07) is 5.47. The van der Waals surface area contributed by atoms with Crippen LogP contribution in [0.3, 0.4) is 0 Å². The minimum atomic E-state index is -0.158. The van der Waals surface area contributed by atoms with Crippen LogP contribution in [-0.2, 0) is 0 Å². The van der Waals surface area contributed by atoms with Gasteiger partial charge in [-0.3, -0.25) is 0 Å². The Morgan fingerprint density at radius 3 is 2.60 bits per heavy atom. The normalized spacial score (nSPS) is 12.3. The van der Waals surface area contributed by atoms with E-state index in [4.69, 9.17) is 20.9 Å². The van der Waals surface area contributed by atoms with E-state index in [2.05, 4.69) is 0 Å². The Bertz CT molecular complexity index is 315. The van der Waals surface area contributed by atoms with Gasteiger partial charge in [-0.25, -0.2) is 0 Å². The van der Waals surface area contributed by atoms with Gasteiger partial charge in [0.15, 0.2) is 11.5 Å². The van der Waals surface area contributed by atoms with Crippen molar-refractivity contribution in [2.24, 2.45) is 11.5 Å². The van der Waals surface area contributed by atoms with Crippen molar-refractivity contribution in [3.63, 3.8) is 0 Å². The zero-order valence-corrected chi connectivity index (χ0v) is 9.19. The molecule has 84 valence electrons. The molecule has 0 heterocycles. The SMILES string of the molecule is CCOc1ccc([C@H](N)CN)cc1OC. The molecule has 0 aliphatic carbocycles. The highest BCUT2D eigenvalue weighted by Crippen LogP contribution is 2.29. The molecule has 0 aromatic heterocycles. The summed E-state index contributed by atoms with van der Waals surface area (Å²) in [6.07, 6.45) is 0. The monoisotopic (exact) mass is 210 g/mol. The molecule has 0 aliphatic heterocycles. The molecule has 1 aromatic carbocycles. The summed E-state index contributed by atoms with van der Waals surface area (Å²) in [6.45, 7) is 2.95. The highest BCUT2D eigenvalue weighted by Gasteiger charge is 2.09. The van der Waals surface area contributed by atoms with Crippen molar-refractivity contribution in [2.45, 2.75) is 13.0 Å². The number of methoxy groups -OCH3 is 1. The lowest BCUT2D eigenvalue weighted by Gasteiger charge is -2.13. The third-order valence-corrected chi connectivity index (χ3v) is 2.17. The number of hydrogen-bond donors (Lipinski definition) is 2. The molecular weight excluding hydrogens is 192 g/mol. The Morgan fingerprint density at radius 2 is 2.07 bits per heavy atom. The molecule has 1 atom stereocenters. The zero-order valence-electron chi connectivity index (χ0n) is 9.19. The first-order valence-electron chi connectivity index (χ1n) is 4.99. The first-order chi connectivity index (χ1) is 7.22. The summed E-state index contributed by atoms with van der Waals surface area (Å²) in [5, 5.41) is 0. The van der Waals surface area contributed by atoms with E-state index in [0.29, 0.717) is 18.9 Å². The second-order valence-electron chi connectivity index (χ2n) is 3.19. The molecule has 0 fully saturated rings. The average Bonchev–Trinajstić information content (AvgIpc) is 2.29. The van der Waals surface area contributed by atoms with E-state index in [-0.39, 0.29) is 6.04 Å². The number of benzene rings is 1. The molecule has 0 amide bonds. The van der Waals surface area contributed by atoms with Gasteiger partial charge >= 0.3 is 0 Å². The van der Waals surface area contributed by atoms with Gasteiger partial charge in [0.05, 0.1) is 13.7 Å². The fourth-order valence-corrected chi connectivity index (χ4v) is 1.33. The van der Waals surface area contributed by atoms with E-state index in [9.17, 15) is 0 Å². The fourth-order valence-electron chi connectivity index (χ4n) is 1.33. The molecule has 4 nitrogen and oxygen atoms in total. The molecule has 0 spiro atoms. The lowest BCUT2D eigenvalue weighted by Crippen LogP contribution is -2.20. The van der Waals surface area contributed by atoms with E-state index in [1.807, 2.05) is 25.1 Å². The molecule has 15 heavy (non-hydrogen) atoms. The van der Waals surface area contributed by atoms with E-state index in [1.54, 1.807) is 7.11 Å². The molecule has 4 heteroatoms. The van der Waals surface area contributed by atoms with E-state index in [1.165, 1.54) is 0 Å². The molecule has 4 N–H and O–H groups in total. The van der Waals surface area contributed by atoms with Crippen LogP contribution in [0.25, 0.3) is 0 Å². The standard InChI is InChI=1S/C11H18N2O2/c1-3-15-10-5-4-8(9(13)7-12)6-11(10)14-2/h4-6,9H,3,7,12-13H2,1-2H3/t9-/m1/s1. The minimum absolute atomic E-state index is 0.158. The molecule has 1 aromatic rings. The topological polar surface area (TPSA) is 70.5 Å². The maximum absolute atomic E-state index is 5.82. The summed E-state index contributed by atoms with van der Waals surface area (Å²) < 4.78 is 10.6. The van der Waals surface area contributed by atoms with Gasteiger partial charge in [-0.2, -0.15) is 0 Å². The highest BCUT2D eigenvalue weighted by molar-refractivity contribution is 5.43. The summed E-state index contributed by atoms with van der Waals surface area (Å²) in [5.74, 6) is 1.42. The van der Waals surface area contributed by atoms with Crippen molar-refractivity contribution in [2.75, 3.05) is 20.3 Å². The molecule has 0 saturated carbocycles. The van der Waals surface area contributed by atoms with Crippen LogP contribution in [0.2, 0.25) is 0 Å². The number of nitrogens with two attached hydrogens (primary N) is 2. The van der Waals surface area contributed by atoms with Crippen LogP contribution in [0.5, 0.6) is 11.5 Å². The molecule has 0 radical (unpaired) electrons. The van der Waals surface area contributed by atoms with Crippen LogP contribution in [0.4, 0.5) is 0 Å². The second-order valence-corrected chi connectivity index (χ2v) is 3.19. The lowest BCUT2D eigenvalue weighted by atomic mass is 10.1. The van der Waals surface area contributed by atoms with Gasteiger partial charge in [0.2, 0.25) is 0 Å². The van der Waals surface area contributed by atoms with Crippen LogP contribution in [0, 0.1) is 0 Å². The van der Waals surface area contributed by atoms with E-state index in [0.717, 1.165) is 11.3 Å². The first kappa shape index (κ1) is 11.8. The largest absolute Gasteiger partial charge is 0.493 e. The van der Waals surface area contributed by atoms with Crippen molar-refractivity contribution in [3.8, 4) is 11.5 Å². The van der Waals surface area contributed by atoms with Crippen LogP contribution in [-0.4, -0.2) is 20.3 Å². The third kappa shape index (κ3) is 2.84. The maximum atomic E-state index is 5.82. The number of rotatable bonds is 5. The molecular formula is C11H18N2O2.